The molecule has 10 heteroatoms. The standard InChI is InChI=1S/C10H12F3N3O3S/c1-15(2-7-4-20-6-14-7)9(19)16(3-8(17)18)5-10(11,12)13/h4,6H,2-3,5H2,1H3,(H,17,18). The van der Waals surface area contributed by atoms with Crippen molar-refractivity contribution in [1.29, 1.82) is 0 Å². The minimum atomic E-state index is -4.66. The normalized spacial score (nSPS) is 11.2. The predicted octanol–water partition coefficient (Wildman–Crippen LogP) is 1.64. The number of nitrogens with zero attached hydrogens (tertiary/aromatic N) is 3. The summed E-state index contributed by atoms with van der Waals surface area (Å²) in [6, 6.07) is -1.02. The molecule has 0 spiro atoms. The third-order valence-electron chi connectivity index (χ3n) is 2.18. The lowest BCUT2D eigenvalue weighted by atomic mass is 10.4. The van der Waals surface area contributed by atoms with E-state index in [1.165, 1.54) is 23.9 Å². The maximum Gasteiger partial charge on any atom is 0.406 e. The number of aromatic nitrogens is 1. The van der Waals surface area contributed by atoms with E-state index < -0.39 is 31.3 Å². The number of aliphatic carboxylic acids is 1. The Labute approximate surface area is 116 Å². The number of alkyl halides is 3. The lowest BCUT2D eigenvalue weighted by Crippen LogP contribution is -2.47. The first kappa shape index (κ1) is 16.2. The molecule has 0 radical (unpaired) electrons. The SMILES string of the molecule is CN(Cc1cscn1)C(=O)N(CC(=O)O)CC(F)(F)F. The number of amides is 2. The number of carbonyl (C=O) groups excluding carboxylic acids is 1. The van der Waals surface area contributed by atoms with Gasteiger partial charge in [0.25, 0.3) is 0 Å². The van der Waals surface area contributed by atoms with Crippen molar-refractivity contribution in [2.45, 2.75) is 12.7 Å². The van der Waals surface area contributed by atoms with Gasteiger partial charge in [0.15, 0.2) is 0 Å². The van der Waals surface area contributed by atoms with Crippen LogP contribution in [0.5, 0.6) is 0 Å². The van der Waals surface area contributed by atoms with Gasteiger partial charge in [0.2, 0.25) is 0 Å². The van der Waals surface area contributed by atoms with Crippen LogP contribution in [0.4, 0.5) is 18.0 Å². The summed E-state index contributed by atoms with van der Waals surface area (Å²) in [7, 11) is 1.28. The van der Waals surface area contributed by atoms with Crippen molar-refractivity contribution < 1.29 is 27.9 Å². The molecule has 0 aliphatic carbocycles. The topological polar surface area (TPSA) is 73.7 Å². The molecule has 20 heavy (non-hydrogen) atoms. The minimum absolute atomic E-state index is 0.0102. The summed E-state index contributed by atoms with van der Waals surface area (Å²) in [6.45, 7) is -2.62. The van der Waals surface area contributed by atoms with Crippen molar-refractivity contribution >= 4 is 23.3 Å². The van der Waals surface area contributed by atoms with Crippen LogP contribution in [0, 0.1) is 0 Å². The monoisotopic (exact) mass is 311 g/mol. The van der Waals surface area contributed by atoms with Crippen LogP contribution in [0.25, 0.3) is 0 Å². The number of hydrogen-bond acceptors (Lipinski definition) is 4. The highest BCUT2D eigenvalue weighted by atomic mass is 32.1. The average Bonchev–Trinajstić information content (AvgIpc) is 2.77. The van der Waals surface area contributed by atoms with Crippen molar-refractivity contribution in [3.05, 3.63) is 16.6 Å². The Hall–Kier alpha value is -1.84. The molecule has 0 saturated heterocycles. The van der Waals surface area contributed by atoms with Gasteiger partial charge in [0.1, 0.15) is 13.1 Å². The van der Waals surface area contributed by atoms with Crippen molar-refractivity contribution in [3.63, 3.8) is 0 Å². The second-order valence-electron chi connectivity index (χ2n) is 3.98. The molecule has 0 saturated carbocycles. The first-order chi connectivity index (χ1) is 9.19. The number of rotatable bonds is 5. The molecule has 1 aromatic heterocycles. The summed E-state index contributed by atoms with van der Waals surface area (Å²) in [5.41, 5.74) is 2.05. The molecule has 1 rings (SSSR count). The molecule has 0 aromatic carbocycles. The summed E-state index contributed by atoms with van der Waals surface area (Å²) >= 11 is 1.29. The van der Waals surface area contributed by atoms with Crippen LogP contribution in [0.3, 0.4) is 0 Å². The largest absolute Gasteiger partial charge is 0.480 e. The zero-order valence-corrected chi connectivity index (χ0v) is 11.2. The molecular formula is C10H12F3N3O3S. The average molecular weight is 311 g/mol. The van der Waals surface area contributed by atoms with Crippen molar-refractivity contribution in [2.75, 3.05) is 20.1 Å². The molecule has 0 bridgehead atoms. The number of urea groups is 1. The lowest BCUT2D eigenvalue weighted by molar-refractivity contribution is -0.149. The van der Waals surface area contributed by atoms with Crippen LogP contribution >= 0.6 is 11.3 Å². The highest BCUT2D eigenvalue weighted by Gasteiger charge is 2.35. The molecular weight excluding hydrogens is 299 g/mol. The van der Waals surface area contributed by atoms with E-state index in [-0.39, 0.29) is 11.4 Å². The van der Waals surface area contributed by atoms with Gasteiger partial charge < -0.3 is 14.9 Å². The Kier molecular flexibility index (Phi) is 5.31. The first-order valence-electron chi connectivity index (χ1n) is 5.34. The van der Waals surface area contributed by atoms with E-state index in [4.69, 9.17) is 5.11 Å². The van der Waals surface area contributed by atoms with Gasteiger partial charge in [-0.2, -0.15) is 13.2 Å². The zero-order valence-electron chi connectivity index (χ0n) is 10.4. The third kappa shape index (κ3) is 5.43. The maximum atomic E-state index is 12.3. The van der Waals surface area contributed by atoms with Crippen LogP contribution in [-0.4, -0.2) is 58.2 Å². The molecule has 1 aromatic rings. The molecule has 1 N–H and O–H groups in total. The maximum absolute atomic E-state index is 12.3. The number of thiazole rings is 1. The van der Waals surface area contributed by atoms with Gasteiger partial charge >= 0.3 is 18.2 Å². The van der Waals surface area contributed by atoms with Gasteiger partial charge in [-0.25, -0.2) is 9.78 Å². The van der Waals surface area contributed by atoms with Gasteiger partial charge in [-0.3, -0.25) is 4.79 Å². The molecule has 0 unspecified atom stereocenters. The van der Waals surface area contributed by atoms with Gasteiger partial charge in [0, 0.05) is 12.4 Å². The Morgan fingerprint density at radius 2 is 2.10 bits per heavy atom. The molecule has 112 valence electrons. The van der Waals surface area contributed by atoms with E-state index in [9.17, 15) is 22.8 Å². The highest BCUT2D eigenvalue weighted by molar-refractivity contribution is 7.07. The highest BCUT2D eigenvalue weighted by Crippen LogP contribution is 2.17. The van der Waals surface area contributed by atoms with Gasteiger partial charge in [-0.05, 0) is 0 Å². The molecule has 1 heterocycles. The summed E-state index contributed by atoms with van der Waals surface area (Å²) in [5.74, 6) is -1.51. The van der Waals surface area contributed by atoms with E-state index in [0.717, 1.165) is 4.90 Å². The quantitative estimate of drug-likeness (QED) is 0.897. The van der Waals surface area contributed by atoms with Crippen LogP contribution in [0.2, 0.25) is 0 Å². The summed E-state index contributed by atoms with van der Waals surface area (Å²) in [4.78, 5) is 27.5. The zero-order chi connectivity index (χ0) is 15.3. The second-order valence-corrected chi connectivity index (χ2v) is 4.70. The Balaban J connectivity index is 2.73. The molecule has 6 nitrogen and oxygen atoms in total. The van der Waals surface area contributed by atoms with Crippen molar-refractivity contribution in [1.82, 2.24) is 14.8 Å². The van der Waals surface area contributed by atoms with Crippen LogP contribution < -0.4 is 0 Å². The van der Waals surface area contributed by atoms with Gasteiger partial charge in [-0.15, -0.1) is 11.3 Å². The number of halogens is 3. The van der Waals surface area contributed by atoms with Crippen LogP contribution in [0.1, 0.15) is 5.69 Å². The first-order valence-corrected chi connectivity index (χ1v) is 6.29. The fourth-order valence-corrected chi connectivity index (χ4v) is 1.99. The Bertz CT molecular complexity index is 464. The molecule has 0 aliphatic rings. The van der Waals surface area contributed by atoms with Crippen molar-refractivity contribution in [2.24, 2.45) is 0 Å². The third-order valence-corrected chi connectivity index (χ3v) is 2.81. The second kappa shape index (κ2) is 6.55. The van der Waals surface area contributed by atoms with Crippen LogP contribution in [-0.2, 0) is 11.3 Å². The summed E-state index contributed by atoms with van der Waals surface area (Å²) in [5, 5.41) is 10.2. The molecule has 0 fully saturated rings. The Morgan fingerprint density at radius 3 is 2.55 bits per heavy atom. The predicted molar refractivity (Wildman–Crippen MR) is 64.2 cm³/mol. The van der Waals surface area contributed by atoms with Gasteiger partial charge in [0.05, 0.1) is 17.7 Å². The lowest BCUT2D eigenvalue weighted by Gasteiger charge is -2.27. The number of carboxylic acid groups (broad SMARTS) is 1. The van der Waals surface area contributed by atoms with Crippen molar-refractivity contribution in [3.8, 4) is 0 Å². The number of carboxylic acids is 1. The van der Waals surface area contributed by atoms with E-state index in [2.05, 4.69) is 4.98 Å². The smallest absolute Gasteiger partial charge is 0.406 e. The van der Waals surface area contributed by atoms with Crippen LogP contribution in [0.15, 0.2) is 10.9 Å². The van der Waals surface area contributed by atoms with E-state index in [1.807, 2.05) is 0 Å². The fourth-order valence-electron chi connectivity index (χ4n) is 1.44. The number of hydrogen-bond donors (Lipinski definition) is 1. The summed E-state index contributed by atoms with van der Waals surface area (Å²) in [6.07, 6.45) is -4.66. The number of carbonyl (C=O) groups is 2. The van der Waals surface area contributed by atoms with E-state index in [0.29, 0.717) is 5.69 Å². The molecule has 2 amide bonds. The minimum Gasteiger partial charge on any atom is -0.480 e. The van der Waals surface area contributed by atoms with Gasteiger partial charge in [-0.1, -0.05) is 0 Å². The van der Waals surface area contributed by atoms with E-state index >= 15 is 0 Å². The molecule has 0 atom stereocenters. The van der Waals surface area contributed by atoms with E-state index in [1.54, 1.807) is 5.38 Å². The Morgan fingerprint density at radius 1 is 1.45 bits per heavy atom. The summed E-state index contributed by atoms with van der Waals surface area (Å²) < 4.78 is 37.0. The fraction of sp³-hybridized carbons (Fsp3) is 0.500. The molecule has 0 aliphatic heterocycles.